The zero-order chi connectivity index (χ0) is 17.8. The lowest BCUT2D eigenvalue weighted by Gasteiger charge is -2.16. The van der Waals surface area contributed by atoms with E-state index in [9.17, 15) is 9.59 Å². The maximum Gasteiger partial charge on any atom is 0.325 e. The summed E-state index contributed by atoms with van der Waals surface area (Å²) >= 11 is 0. The molecule has 1 saturated heterocycles. The molecule has 8 nitrogen and oxygen atoms in total. The van der Waals surface area contributed by atoms with E-state index in [1.807, 2.05) is 6.92 Å². The van der Waals surface area contributed by atoms with Crippen molar-refractivity contribution in [1.29, 1.82) is 0 Å². The van der Waals surface area contributed by atoms with Gasteiger partial charge in [0, 0.05) is 31.9 Å². The third-order valence-electron chi connectivity index (χ3n) is 3.97. The number of carbonyl (C=O) groups is 2. The van der Waals surface area contributed by atoms with Gasteiger partial charge in [-0.2, -0.15) is 0 Å². The Bertz CT molecular complexity index is 761. The van der Waals surface area contributed by atoms with Gasteiger partial charge in [-0.3, -0.25) is 9.69 Å². The number of likely N-dealkylation sites (N-methyl/N-ethyl adjacent to an activating group) is 1. The smallest absolute Gasteiger partial charge is 0.325 e. The number of aromatic nitrogens is 2. The average Bonchev–Trinajstić information content (AvgIpc) is 3.03. The molecule has 0 aliphatic carbocycles. The number of nitrogens with one attached hydrogen (secondary N) is 1. The molecule has 3 rings (SSSR count). The molecule has 1 aliphatic heterocycles. The summed E-state index contributed by atoms with van der Waals surface area (Å²) in [4.78, 5) is 36.0. The van der Waals surface area contributed by atoms with Crippen LogP contribution in [0.4, 0.5) is 16.3 Å². The number of urea groups is 1. The maximum absolute atomic E-state index is 12.2. The Labute approximate surface area is 145 Å². The van der Waals surface area contributed by atoms with Crippen molar-refractivity contribution >= 4 is 23.4 Å². The predicted octanol–water partition coefficient (Wildman–Crippen LogP) is 2.00. The Balaban J connectivity index is 1.66. The van der Waals surface area contributed by atoms with E-state index in [4.69, 9.17) is 4.74 Å². The molecule has 1 fully saturated rings. The van der Waals surface area contributed by atoms with E-state index in [0.29, 0.717) is 42.6 Å². The molecule has 2 aromatic rings. The summed E-state index contributed by atoms with van der Waals surface area (Å²) in [6.45, 7) is 3.93. The number of methoxy groups -OCH3 is 1. The molecule has 8 heteroatoms. The summed E-state index contributed by atoms with van der Waals surface area (Å²) in [5, 5.41) is 2.75. The minimum Gasteiger partial charge on any atom is -0.481 e. The van der Waals surface area contributed by atoms with E-state index in [1.165, 1.54) is 19.5 Å². The van der Waals surface area contributed by atoms with Gasteiger partial charge in [0.2, 0.25) is 5.88 Å². The molecule has 0 bridgehead atoms. The minimum absolute atomic E-state index is 0.0453. The number of ether oxygens (including phenoxy) is 1. The molecule has 0 saturated carbocycles. The van der Waals surface area contributed by atoms with Gasteiger partial charge in [0.1, 0.15) is 5.82 Å². The molecule has 2 aromatic heterocycles. The lowest BCUT2D eigenvalue weighted by molar-refractivity contribution is 0.102. The molecular formula is C17H19N5O3. The second-order valence-corrected chi connectivity index (χ2v) is 5.46. The number of anilines is 2. The highest BCUT2D eigenvalue weighted by Crippen LogP contribution is 2.19. The van der Waals surface area contributed by atoms with Crippen molar-refractivity contribution in [3.8, 4) is 5.88 Å². The van der Waals surface area contributed by atoms with Crippen molar-refractivity contribution in [2.24, 2.45) is 0 Å². The van der Waals surface area contributed by atoms with E-state index >= 15 is 0 Å². The number of carbonyl (C=O) groups excluding carboxylic acids is 2. The van der Waals surface area contributed by atoms with Crippen LogP contribution in [-0.2, 0) is 0 Å². The highest BCUT2D eigenvalue weighted by molar-refractivity contribution is 6.04. The molecule has 1 aliphatic rings. The molecule has 0 spiro atoms. The second kappa shape index (κ2) is 7.16. The van der Waals surface area contributed by atoms with Gasteiger partial charge in [-0.25, -0.2) is 14.8 Å². The van der Waals surface area contributed by atoms with Crippen molar-refractivity contribution in [2.45, 2.75) is 6.92 Å². The highest BCUT2D eigenvalue weighted by Gasteiger charge is 2.28. The summed E-state index contributed by atoms with van der Waals surface area (Å²) in [6.07, 6.45) is 2.98. The third-order valence-corrected chi connectivity index (χ3v) is 3.97. The van der Waals surface area contributed by atoms with Crippen molar-refractivity contribution in [3.63, 3.8) is 0 Å². The molecule has 3 amide bonds. The fourth-order valence-electron chi connectivity index (χ4n) is 2.55. The Kier molecular flexibility index (Phi) is 4.78. The van der Waals surface area contributed by atoms with Gasteiger partial charge >= 0.3 is 6.03 Å². The Morgan fingerprint density at radius 3 is 2.60 bits per heavy atom. The molecule has 25 heavy (non-hydrogen) atoms. The first kappa shape index (κ1) is 16.7. The lowest BCUT2D eigenvalue weighted by atomic mass is 10.2. The van der Waals surface area contributed by atoms with Crippen molar-refractivity contribution < 1.29 is 14.3 Å². The number of hydrogen-bond donors (Lipinski definition) is 1. The first-order valence-electron chi connectivity index (χ1n) is 7.96. The monoisotopic (exact) mass is 341 g/mol. The van der Waals surface area contributed by atoms with Crippen LogP contribution in [0.5, 0.6) is 5.88 Å². The number of hydrogen-bond acceptors (Lipinski definition) is 5. The van der Waals surface area contributed by atoms with Crippen LogP contribution in [0.1, 0.15) is 17.3 Å². The van der Waals surface area contributed by atoms with Crippen LogP contribution in [0.15, 0.2) is 36.7 Å². The number of nitrogens with zero attached hydrogens (tertiary/aromatic N) is 4. The molecule has 0 aromatic carbocycles. The second-order valence-electron chi connectivity index (χ2n) is 5.46. The summed E-state index contributed by atoms with van der Waals surface area (Å²) in [5.74, 6) is 0.725. The van der Waals surface area contributed by atoms with Gasteiger partial charge in [-0.15, -0.1) is 0 Å². The molecule has 0 unspecified atom stereocenters. The minimum atomic E-state index is -0.292. The Morgan fingerprint density at radius 2 is 2.04 bits per heavy atom. The van der Waals surface area contributed by atoms with Crippen LogP contribution < -0.4 is 15.0 Å². The molecule has 0 radical (unpaired) electrons. The van der Waals surface area contributed by atoms with E-state index in [0.717, 1.165) is 0 Å². The van der Waals surface area contributed by atoms with Gasteiger partial charge in [-0.05, 0) is 25.1 Å². The standard InChI is InChI=1S/C17H19N5O3/c1-3-21-8-9-22(17(21)24)14-6-5-13(11-18-14)20-16(23)12-4-7-15(25-2)19-10-12/h4-7,10-11H,3,8-9H2,1-2H3,(H,20,23). The molecular weight excluding hydrogens is 322 g/mol. The van der Waals surface area contributed by atoms with Gasteiger partial charge in [0.15, 0.2) is 0 Å². The Hall–Kier alpha value is -3.16. The van der Waals surface area contributed by atoms with Crippen molar-refractivity contribution in [3.05, 3.63) is 42.2 Å². The van der Waals surface area contributed by atoms with Crippen LogP contribution in [-0.4, -0.2) is 53.6 Å². The van der Waals surface area contributed by atoms with Crippen molar-refractivity contribution in [1.82, 2.24) is 14.9 Å². The van der Waals surface area contributed by atoms with Gasteiger partial charge < -0.3 is 15.0 Å². The van der Waals surface area contributed by atoms with Crippen LogP contribution in [0, 0.1) is 0 Å². The van der Waals surface area contributed by atoms with Gasteiger partial charge in [0.05, 0.1) is 24.6 Å². The lowest BCUT2D eigenvalue weighted by Crippen LogP contribution is -2.32. The van der Waals surface area contributed by atoms with Crippen LogP contribution >= 0.6 is 0 Å². The zero-order valence-corrected chi connectivity index (χ0v) is 14.1. The van der Waals surface area contributed by atoms with E-state index in [2.05, 4.69) is 15.3 Å². The zero-order valence-electron chi connectivity index (χ0n) is 14.1. The summed E-state index contributed by atoms with van der Waals surface area (Å²) in [5.41, 5.74) is 0.960. The maximum atomic E-state index is 12.2. The fourth-order valence-corrected chi connectivity index (χ4v) is 2.55. The first-order valence-corrected chi connectivity index (χ1v) is 7.96. The molecule has 1 N–H and O–H groups in total. The van der Waals surface area contributed by atoms with Crippen LogP contribution in [0.25, 0.3) is 0 Å². The number of amides is 3. The van der Waals surface area contributed by atoms with E-state index in [-0.39, 0.29) is 11.9 Å². The highest BCUT2D eigenvalue weighted by atomic mass is 16.5. The number of pyridine rings is 2. The number of rotatable bonds is 5. The SMILES string of the molecule is CCN1CCN(c2ccc(NC(=O)c3ccc(OC)nc3)cn2)C1=O. The average molecular weight is 341 g/mol. The van der Waals surface area contributed by atoms with E-state index in [1.54, 1.807) is 34.1 Å². The largest absolute Gasteiger partial charge is 0.481 e. The van der Waals surface area contributed by atoms with Crippen LogP contribution in [0.2, 0.25) is 0 Å². The topological polar surface area (TPSA) is 87.7 Å². The first-order chi connectivity index (χ1) is 12.1. The predicted molar refractivity (Wildman–Crippen MR) is 93.0 cm³/mol. The van der Waals surface area contributed by atoms with E-state index < -0.39 is 0 Å². The fraction of sp³-hybridized carbons (Fsp3) is 0.294. The molecule has 130 valence electrons. The van der Waals surface area contributed by atoms with Gasteiger partial charge in [-0.1, -0.05) is 0 Å². The van der Waals surface area contributed by atoms with Crippen LogP contribution in [0.3, 0.4) is 0 Å². The molecule has 0 atom stereocenters. The Morgan fingerprint density at radius 1 is 1.20 bits per heavy atom. The van der Waals surface area contributed by atoms with Gasteiger partial charge in [0.25, 0.3) is 5.91 Å². The molecule has 3 heterocycles. The summed E-state index contributed by atoms with van der Waals surface area (Å²) < 4.78 is 4.96. The van der Waals surface area contributed by atoms with Crippen molar-refractivity contribution in [2.75, 3.05) is 37.0 Å². The summed E-state index contributed by atoms with van der Waals surface area (Å²) in [6, 6.07) is 6.65. The quantitative estimate of drug-likeness (QED) is 0.899. The normalized spacial score (nSPS) is 13.9. The summed E-state index contributed by atoms with van der Waals surface area (Å²) in [7, 11) is 1.51. The third kappa shape index (κ3) is 3.52.